The third kappa shape index (κ3) is 5.19. The van der Waals surface area contributed by atoms with E-state index >= 15 is 0 Å². The summed E-state index contributed by atoms with van der Waals surface area (Å²) < 4.78 is 0. The van der Waals surface area contributed by atoms with Crippen LogP contribution in [0.15, 0.2) is 6.07 Å². The minimum atomic E-state index is -0.00591. The molecule has 1 aliphatic rings. The Morgan fingerprint density at radius 1 is 1.26 bits per heavy atom. The Morgan fingerprint density at radius 3 is 2.26 bits per heavy atom. The van der Waals surface area contributed by atoms with Gasteiger partial charge in [-0.3, -0.25) is 4.79 Å². The molecule has 5 heteroatoms. The van der Waals surface area contributed by atoms with Gasteiger partial charge in [0, 0.05) is 37.4 Å². The second kappa shape index (κ2) is 7.75. The summed E-state index contributed by atoms with van der Waals surface area (Å²) in [6.45, 7) is 17.8. The van der Waals surface area contributed by atoms with Crippen molar-refractivity contribution in [3.8, 4) is 0 Å². The fraction of sp³-hybridized carbons (Fsp3) is 0.722. The number of nitrogens with zero attached hydrogens (tertiary/aromatic N) is 3. The third-order valence-corrected chi connectivity index (χ3v) is 3.71. The monoisotopic (exact) mass is 320 g/mol. The van der Waals surface area contributed by atoms with E-state index in [2.05, 4.69) is 49.9 Å². The maximum atomic E-state index is 11.2. The lowest BCUT2D eigenvalue weighted by molar-refractivity contribution is -0.132. The van der Waals surface area contributed by atoms with Gasteiger partial charge in [0.2, 0.25) is 5.91 Å². The number of amides is 1. The maximum Gasteiger partial charge on any atom is 0.219 e. The van der Waals surface area contributed by atoms with Crippen molar-refractivity contribution in [1.29, 1.82) is 0 Å². The van der Waals surface area contributed by atoms with Crippen LogP contribution in [0.25, 0.3) is 0 Å². The number of hydrogen-bond acceptors (Lipinski definition) is 4. The minimum Gasteiger partial charge on any atom is -0.364 e. The highest BCUT2D eigenvalue weighted by molar-refractivity contribution is 5.74. The zero-order chi connectivity index (χ0) is 17.8. The zero-order valence-corrected chi connectivity index (χ0v) is 15.9. The summed E-state index contributed by atoms with van der Waals surface area (Å²) in [5.74, 6) is 2.16. The van der Waals surface area contributed by atoms with E-state index in [0.29, 0.717) is 5.92 Å². The molecule has 5 nitrogen and oxygen atoms in total. The molecule has 0 aromatic carbocycles. The molecule has 1 fully saturated rings. The van der Waals surface area contributed by atoms with E-state index in [-0.39, 0.29) is 17.4 Å². The van der Waals surface area contributed by atoms with Crippen molar-refractivity contribution in [3.63, 3.8) is 0 Å². The summed E-state index contributed by atoms with van der Waals surface area (Å²) >= 11 is 0. The number of nitrogens with one attached hydrogen (secondary N) is 1. The van der Waals surface area contributed by atoms with Crippen LogP contribution in [-0.2, 0) is 10.2 Å². The normalized spacial score (nSPS) is 14.9. The molecule has 0 saturated carbocycles. The summed E-state index contributed by atoms with van der Waals surface area (Å²) in [6.07, 6.45) is 0. The summed E-state index contributed by atoms with van der Waals surface area (Å²) in [5.41, 5.74) is 1.04. The van der Waals surface area contributed by atoms with E-state index in [4.69, 9.17) is 0 Å². The van der Waals surface area contributed by atoms with Crippen molar-refractivity contribution in [3.05, 3.63) is 17.6 Å². The molecule has 1 amide bonds. The Hall–Kier alpha value is -1.65. The topological polar surface area (TPSA) is 58.1 Å². The summed E-state index contributed by atoms with van der Waals surface area (Å²) in [7, 11) is 0. The highest BCUT2D eigenvalue weighted by Crippen LogP contribution is 2.25. The fourth-order valence-electron chi connectivity index (χ4n) is 2.22. The SMILES string of the molecule is CC.CC(=O)N1CC(Nc2cc(C(C)(C)C)nc(C(C)C)n2)C1. The van der Waals surface area contributed by atoms with Crippen molar-refractivity contribution in [2.24, 2.45) is 0 Å². The van der Waals surface area contributed by atoms with Gasteiger partial charge in [-0.2, -0.15) is 0 Å². The van der Waals surface area contributed by atoms with E-state index in [0.717, 1.165) is 30.4 Å². The molecule has 0 aliphatic carbocycles. The molecule has 1 aromatic rings. The van der Waals surface area contributed by atoms with Crippen LogP contribution in [0.1, 0.15) is 72.8 Å². The second-order valence-corrected chi connectivity index (χ2v) is 7.17. The number of rotatable bonds is 3. The van der Waals surface area contributed by atoms with Crippen LogP contribution in [0.3, 0.4) is 0 Å². The van der Waals surface area contributed by atoms with Crippen LogP contribution >= 0.6 is 0 Å². The lowest BCUT2D eigenvalue weighted by atomic mass is 9.91. The Bertz CT molecular complexity index is 528. The van der Waals surface area contributed by atoms with Gasteiger partial charge < -0.3 is 10.2 Å². The van der Waals surface area contributed by atoms with E-state index in [1.165, 1.54) is 0 Å². The Balaban J connectivity index is 0.00000127. The summed E-state index contributed by atoms with van der Waals surface area (Å²) in [6, 6.07) is 2.32. The van der Waals surface area contributed by atoms with Gasteiger partial charge in [0.25, 0.3) is 0 Å². The Labute approximate surface area is 140 Å². The van der Waals surface area contributed by atoms with Gasteiger partial charge in [-0.05, 0) is 0 Å². The van der Waals surface area contributed by atoms with Gasteiger partial charge in [-0.1, -0.05) is 48.5 Å². The molecule has 1 aliphatic heterocycles. The summed E-state index contributed by atoms with van der Waals surface area (Å²) in [4.78, 5) is 22.3. The highest BCUT2D eigenvalue weighted by atomic mass is 16.2. The lowest BCUT2D eigenvalue weighted by Gasteiger charge is -2.39. The van der Waals surface area contributed by atoms with Gasteiger partial charge in [0.05, 0.1) is 11.7 Å². The number of hydrogen-bond donors (Lipinski definition) is 1. The first-order valence-electron chi connectivity index (χ1n) is 8.58. The molecule has 1 saturated heterocycles. The van der Waals surface area contributed by atoms with Crippen LogP contribution < -0.4 is 5.32 Å². The average molecular weight is 320 g/mol. The molecule has 1 aromatic heterocycles. The fourth-order valence-corrected chi connectivity index (χ4v) is 2.22. The van der Waals surface area contributed by atoms with Gasteiger partial charge in [0.15, 0.2) is 0 Å². The van der Waals surface area contributed by atoms with Crippen LogP contribution in [0.5, 0.6) is 0 Å². The van der Waals surface area contributed by atoms with E-state index < -0.39 is 0 Å². The van der Waals surface area contributed by atoms with Crippen LogP contribution in [0.2, 0.25) is 0 Å². The first-order valence-corrected chi connectivity index (χ1v) is 8.58. The predicted octanol–water partition coefficient (Wildman–Crippen LogP) is 3.57. The minimum absolute atomic E-state index is 0.00591. The summed E-state index contributed by atoms with van der Waals surface area (Å²) in [5, 5.41) is 3.43. The molecule has 0 bridgehead atoms. The van der Waals surface area contributed by atoms with Crippen LogP contribution in [0, 0.1) is 0 Å². The number of anilines is 1. The van der Waals surface area contributed by atoms with Crippen molar-refractivity contribution in [2.45, 2.75) is 72.8 Å². The molecule has 23 heavy (non-hydrogen) atoms. The molecule has 0 spiro atoms. The molecule has 0 atom stereocenters. The predicted molar refractivity (Wildman–Crippen MR) is 95.8 cm³/mol. The van der Waals surface area contributed by atoms with Gasteiger partial charge in [-0.15, -0.1) is 0 Å². The largest absolute Gasteiger partial charge is 0.364 e. The van der Waals surface area contributed by atoms with Crippen molar-refractivity contribution in [1.82, 2.24) is 14.9 Å². The molecule has 0 unspecified atom stereocenters. The molecular weight excluding hydrogens is 288 g/mol. The van der Waals surface area contributed by atoms with Crippen molar-refractivity contribution >= 4 is 11.7 Å². The Morgan fingerprint density at radius 2 is 1.83 bits per heavy atom. The van der Waals surface area contributed by atoms with Crippen molar-refractivity contribution < 1.29 is 4.79 Å². The van der Waals surface area contributed by atoms with Gasteiger partial charge in [-0.25, -0.2) is 9.97 Å². The van der Waals surface area contributed by atoms with E-state index in [1.807, 2.05) is 24.8 Å². The first-order chi connectivity index (χ1) is 10.7. The zero-order valence-electron chi connectivity index (χ0n) is 15.9. The van der Waals surface area contributed by atoms with Crippen molar-refractivity contribution in [2.75, 3.05) is 18.4 Å². The number of carbonyl (C=O) groups is 1. The molecule has 130 valence electrons. The first kappa shape index (κ1) is 19.4. The third-order valence-electron chi connectivity index (χ3n) is 3.71. The second-order valence-electron chi connectivity index (χ2n) is 7.17. The highest BCUT2D eigenvalue weighted by Gasteiger charge is 2.29. The van der Waals surface area contributed by atoms with Gasteiger partial charge in [0.1, 0.15) is 11.6 Å². The standard InChI is InChI=1S/C16H26N4O.C2H6/c1-10(2)15-18-13(16(4,5)6)7-14(19-15)17-12-8-20(9-12)11(3)21;1-2/h7,10,12H,8-9H2,1-6H3,(H,17,18,19);1-2H3. The number of carbonyl (C=O) groups excluding carboxylic acids is 1. The lowest BCUT2D eigenvalue weighted by Crippen LogP contribution is -2.56. The number of likely N-dealkylation sites (tertiary alicyclic amines) is 1. The van der Waals surface area contributed by atoms with Gasteiger partial charge >= 0.3 is 0 Å². The maximum absolute atomic E-state index is 11.2. The molecule has 0 radical (unpaired) electrons. The average Bonchev–Trinajstić information content (AvgIpc) is 2.42. The number of aromatic nitrogens is 2. The molecule has 2 rings (SSSR count). The smallest absolute Gasteiger partial charge is 0.219 e. The molecule has 2 heterocycles. The molecular formula is C18H32N4O. The quantitative estimate of drug-likeness (QED) is 0.925. The molecule has 1 N–H and O–H groups in total. The van der Waals surface area contributed by atoms with E-state index in [1.54, 1.807) is 6.92 Å². The van der Waals surface area contributed by atoms with Crippen LogP contribution in [0.4, 0.5) is 5.82 Å². The van der Waals surface area contributed by atoms with Crippen LogP contribution in [-0.4, -0.2) is 39.9 Å². The Kier molecular flexibility index (Phi) is 6.54. The van der Waals surface area contributed by atoms with E-state index in [9.17, 15) is 4.79 Å².